The number of anilines is 1. The van der Waals surface area contributed by atoms with E-state index in [4.69, 9.17) is 9.84 Å². The SMILES string of the molecule is CCC[C@@H](Nc1ccccc1OC)C(=O)O. The van der Waals surface area contributed by atoms with Gasteiger partial charge < -0.3 is 15.2 Å². The number of ether oxygens (including phenoxy) is 1. The van der Waals surface area contributed by atoms with Gasteiger partial charge in [0, 0.05) is 0 Å². The Hall–Kier alpha value is -1.71. The van der Waals surface area contributed by atoms with Crippen LogP contribution in [0.15, 0.2) is 24.3 Å². The highest BCUT2D eigenvalue weighted by Gasteiger charge is 2.17. The summed E-state index contributed by atoms with van der Waals surface area (Å²) in [5.74, 6) is -0.183. The van der Waals surface area contributed by atoms with Crippen LogP contribution in [0.1, 0.15) is 19.8 Å². The second kappa shape index (κ2) is 6.00. The topological polar surface area (TPSA) is 58.6 Å². The average molecular weight is 223 g/mol. The van der Waals surface area contributed by atoms with Crippen LogP contribution in [0.4, 0.5) is 5.69 Å². The summed E-state index contributed by atoms with van der Waals surface area (Å²) in [7, 11) is 1.57. The number of hydrogen-bond donors (Lipinski definition) is 2. The van der Waals surface area contributed by atoms with Gasteiger partial charge in [-0.3, -0.25) is 0 Å². The van der Waals surface area contributed by atoms with Crippen molar-refractivity contribution in [2.45, 2.75) is 25.8 Å². The largest absolute Gasteiger partial charge is 0.495 e. The van der Waals surface area contributed by atoms with Gasteiger partial charge in [-0.2, -0.15) is 0 Å². The van der Waals surface area contributed by atoms with E-state index < -0.39 is 12.0 Å². The second-order valence-corrected chi connectivity index (χ2v) is 3.52. The van der Waals surface area contributed by atoms with Crippen LogP contribution in [-0.2, 0) is 4.79 Å². The summed E-state index contributed by atoms with van der Waals surface area (Å²) >= 11 is 0. The number of carboxylic acid groups (broad SMARTS) is 1. The van der Waals surface area contributed by atoms with Gasteiger partial charge in [0.25, 0.3) is 0 Å². The number of carboxylic acids is 1. The molecule has 0 bridgehead atoms. The maximum absolute atomic E-state index is 11.0. The average Bonchev–Trinajstić information content (AvgIpc) is 2.29. The Morgan fingerprint density at radius 1 is 1.50 bits per heavy atom. The summed E-state index contributed by atoms with van der Waals surface area (Å²) in [5.41, 5.74) is 0.714. The van der Waals surface area contributed by atoms with E-state index in [2.05, 4.69) is 5.32 Å². The molecular weight excluding hydrogens is 206 g/mol. The van der Waals surface area contributed by atoms with Gasteiger partial charge in [0.15, 0.2) is 0 Å². The smallest absolute Gasteiger partial charge is 0.326 e. The standard InChI is InChI=1S/C12H17NO3/c1-3-6-10(12(14)15)13-9-7-4-5-8-11(9)16-2/h4-5,7-8,10,13H,3,6H2,1-2H3,(H,14,15)/t10-/m1/s1. The number of rotatable bonds is 6. The van der Waals surface area contributed by atoms with Gasteiger partial charge in [-0.25, -0.2) is 4.79 Å². The van der Waals surface area contributed by atoms with Gasteiger partial charge in [-0.05, 0) is 18.6 Å². The van der Waals surface area contributed by atoms with Crippen molar-refractivity contribution in [3.05, 3.63) is 24.3 Å². The minimum absolute atomic E-state index is 0.568. The van der Waals surface area contributed by atoms with Crippen LogP contribution in [-0.4, -0.2) is 24.2 Å². The third-order valence-electron chi connectivity index (χ3n) is 2.31. The van der Waals surface area contributed by atoms with E-state index in [0.29, 0.717) is 17.9 Å². The first kappa shape index (κ1) is 12.4. The van der Waals surface area contributed by atoms with Gasteiger partial charge in [-0.15, -0.1) is 0 Å². The molecule has 0 saturated heterocycles. The maximum Gasteiger partial charge on any atom is 0.326 e. The first-order chi connectivity index (χ1) is 7.69. The third kappa shape index (κ3) is 3.15. The third-order valence-corrected chi connectivity index (χ3v) is 2.31. The first-order valence-electron chi connectivity index (χ1n) is 5.31. The van der Waals surface area contributed by atoms with Crippen molar-refractivity contribution in [3.8, 4) is 5.75 Å². The summed E-state index contributed by atoms with van der Waals surface area (Å²) in [6.45, 7) is 1.96. The molecule has 1 rings (SSSR count). The lowest BCUT2D eigenvalue weighted by atomic mass is 10.1. The van der Waals surface area contributed by atoms with E-state index >= 15 is 0 Å². The van der Waals surface area contributed by atoms with Crippen LogP contribution in [0.2, 0.25) is 0 Å². The van der Waals surface area contributed by atoms with Crippen molar-refractivity contribution in [2.75, 3.05) is 12.4 Å². The van der Waals surface area contributed by atoms with Crippen LogP contribution in [0.25, 0.3) is 0 Å². The van der Waals surface area contributed by atoms with Crippen molar-refractivity contribution in [1.29, 1.82) is 0 Å². The molecule has 0 radical (unpaired) electrons. The zero-order valence-corrected chi connectivity index (χ0v) is 9.56. The molecule has 0 aliphatic heterocycles. The van der Waals surface area contributed by atoms with Crippen LogP contribution < -0.4 is 10.1 Å². The highest BCUT2D eigenvalue weighted by molar-refractivity contribution is 5.78. The number of nitrogens with one attached hydrogen (secondary N) is 1. The molecule has 0 spiro atoms. The highest BCUT2D eigenvalue weighted by Crippen LogP contribution is 2.24. The van der Waals surface area contributed by atoms with Crippen LogP contribution in [0, 0.1) is 0 Å². The van der Waals surface area contributed by atoms with E-state index in [1.807, 2.05) is 25.1 Å². The Kier molecular flexibility index (Phi) is 4.64. The summed E-state index contributed by atoms with van der Waals surface area (Å²) in [6.07, 6.45) is 1.41. The molecule has 88 valence electrons. The Morgan fingerprint density at radius 3 is 2.75 bits per heavy atom. The van der Waals surface area contributed by atoms with E-state index in [-0.39, 0.29) is 0 Å². The Morgan fingerprint density at radius 2 is 2.19 bits per heavy atom. The fourth-order valence-electron chi connectivity index (χ4n) is 1.50. The summed E-state index contributed by atoms with van der Waals surface area (Å²) in [5, 5.41) is 12.0. The molecule has 0 heterocycles. The van der Waals surface area contributed by atoms with Gasteiger partial charge in [0.1, 0.15) is 11.8 Å². The Bertz CT molecular complexity index is 352. The lowest BCUT2D eigenvalue weighted by molar-refractivity contribution is -0.138. The molecule has 1 aromatic carbocycles. The number of methoxy groups -OCH3 is 1. The second-order valence-electron chi connectivity index (χ2n) is 3.52. The summed E-state index contributed by atoms with van der Waals surface area (Å²) in [4.78, 5) is 11.0. The fourth-order valence-corrected chi connectivity index (χ4v) is 1.50. The molecule has 0 fully saturated rings. The Balaban J connectivity index is 2.80. The predicted octanol–water partition coefficient (Wildman–Crippen LogP) is 2.36. The van der Waals surface area contributed by atoms with E-state index in [9.17, 15) is 4.79 Å². The van der Waals surface area contributed by atoms with Gasteiger partial charge >= 0.3 is 5.97 Å². The Labute approximate surface area is 95.2 Å². The monoisotopic (exact) mass is 223 g/mol. The van der Waals surface area contributed by atoms with Gasteiger partial charge in [0.2, 0.25) is 0 Å². The molecule has 1 aromatic rings. The first-order valence-corrected chi connectivity index (χ1v) is 5.31. The normalized spacial score (nSPS) is 11.9. The minimum Gasteiger partial charge on any atom is -0.495 e. The highest BCUT2D eigenvalue weighted by atomic mass is 16.5. The zero-order valence-electron chi connectivity index (χ0n) is 9.56. The van der Waals surface area contributed by atoms with Crippen molar-refractivity contribution in [1.82, 2.24) is 0 Å². The molecule has 0 saturated carbocycles. The summed E-state index contributed by atoms with van der Waals surface area (Å²) < 4.78 is 5.15. The number of hydrogen-bond acceptors (Lipinski definition) is 3. The number of benzene rings is 1. The predicted molar refractivity (Wildman–Crippen MR) is 62.9 cm³/mol. The van der Waals surface area contributed by atoms with Gasteiger partial charge in [0.05, 0.1) is 12.8 Å². The van der Waals surface area contributed by atoms with Crippen molar-refractivity contribution in [3.63, 3.8) is 0 Å². The van der Waals surface area contributed by atoms with E-state index in [1.165, 1.54) is 0 Å². The molecule has 0 unspecified atom stereocenters. The minimum atomic E-state index is -0.840. The fraction of sp³-hybridized carbons (Fsp3) is 0.417. The summed E-state index contributed by atoms with van der Waals surface area (Å²) in [6, 6.07) is 6.73. The van der Waals surface area contributed by atoms with Crippen molar-refractivity contribution < 1.29 is 14.6 Å². The van der Waals surface area contributed by atoms with Crippen LogP contribution in [0.3, 0.4) is 0 Å². The molecule has 0 aromatic heterocycles. The number of para-hydroxylation sites is 2. The van der Waals surface area contributed by atoms with E-state index in [1.54, 1.807) is 13.2 Å². The molecule has 16 heavy (non-hydrogen) atoms. The number of carbonyl (C=O) groups is 1. The maximum atomic E-state index is 11.0. The molecular formula is C12H17NO3. The lowest BCUT2D eigenvalue weighted by Gasteiger charge is -2.16. The lowest BCUT2D eigenvalue weighted by Crippen LogP contribution is -2.29. The molecule has 0 aliphatic rings. The molecule has 4 nitrogen and oxygen atoms in total. The quantitative estimate of drug-likeness (QED) is 0.777. The number of aliphatic carboxylic acids is 1. The van der Waals surface area contributed by atoms with Crippen LogP contribution in [0.5, 0.6) is 5.75 Å². The van der Waals surface area contributed by atoms with E-state index in [0.717, 1.165) is 6.42 Å². The van der Waals surface area contributed by atoms with Crippen molar-refractivity contribution >= 4 is 11.7 Å². The molecule has 1 atom stereocenters. The molecule has 0 amide bonds. The molecule has 4 heteroatoms. The van der Waals surface area contributed by atoms with Gasteiger partial charge in [-0.1, -0.05) is 25.5 Å². The zero-order chi connectivity index (χ0) is 12.0. The van der Waals surface area contributed by atoms with Crippen molar-refractivity contribution in [2.24, 2.45) is 0 Å². The molecule has 2 N–H and O–H groups in total. The molecule has 0 aliphatic carbocycles. The van der Waals surface area contributed by atoms with Crippen LogP contribution >= 0.6 is 0 Å².